The zero-order valence-electron chi connectivity index (χ0n) is 7.58. The van der Waals surface area contributed by atoms with Crippen molar-refractivity contribution >= 4 is 28.0 Å². The first-order chi connectivity index (χ1) is 4.55. The van der Waals surface area contributed by atoms with Gasteiger partial charge in [-0.1, -0.05) is 0 Å². The van der Waals surface area contributed by atoms with Crippen LogP contribution in [-0.4, -0.2) is 28.0 Å². The SMILES string of the molecule is [Li][C]1=C([SiH3])C(C)=C(C)C1C. The van der Waals surface area contributed by atoms with E-state index in [1.54, 1.807) is 20.6 Å². The molecular weight excluding hydrogens is 131 g/mol. The van der Waals surface area contributed by atoms with E-state index in [2.05, 4.69) is 38.5 Å². The summed E-state index contributed by atoms with van der Waals surface area (Å²) >= 11 is 2.27. The van der Waals surface area contributed by atoms with E-state index in [4.69, 9.17) is 0 Å². The van der Waals surface area contributed by atoms with Crippen LogP contribution >= 0.6 is 0 Å². The maximum atomic E-state index is 2.30. The van der Waals surface area contributed by atoms with Crippen molar-refractivity contribution < 1.29 is 0 Å². The van der Waals surface area contributed by atoms with Gasteiger partial charge in [-0.15, -0.1) is 0 Å². The molecule has 0 aliphatic heterocycles. The molecule has 1 rings (SSSR count). The molecule has 1 aliphatic rings. The zero-order chi connectivity index (χ0) is 7.89. The van der Waals surface area contributed by atoms with E-state index in [9.17, 15) is 0 Å². The molecule has 0 saturated heterocycles. The van der Waals surface area contributed by atoms with Crippen molar-refractivity contribution in [2.45, 2.75) is 20.8 Å². The Morgan fingerprint density at radius 3 is 2.00 bits per heavy atom. The molecule has 0 aromatic rings. The quantitative estimate of drug-likeness (QED) is 0.439. The van der Waals surface area contributed by atoms with Crippen molar-refractivity contribution in [1.82, 2.24) is 0 Å². The molecule has 0 N–H and O–H groups in total. The standard InChI is InChI=1S/C8H13Si.Li/c1-5-4-8(9)7(3)6(5)2;/h5H,1-3,9H3;. The van der Waals surface area contributed by atoms with Crippen molar-refractivity contribution in [2.24, 2.45) is 5.92 Å². The summed E-state index contributed by atoms with van der Waals surface area (Å²) in [6.45, 7) is 6.82. The van der Waals surface area contributed by atoms with Crippen LogP contribution in [0.25, 0.3) is 0 Å². The van der Waals surface area contributed by atoms with Gasteiger partial charge < -0.3 is 0 Å². The van der Waals surface area contributed by atoms with Crippen molar-refractivity contribution in [1.29, 1.82) is 0 Å². The summed E-state index contributed by atoms with van der Waals surface area (Å²) in [6, 6.07) is 0. The third-order valence-electron chi connectivity index (χ3n) is 3.04. The van der Waals surface area contributed by atoms with Gasteiger partial charge >= 0.3 is 75.2 Å². The molecule has 10 heavy (non-hydrogen) atoms. The van der Waals surface area contributed by atoms with E-state index < -0.39 is 0 Å². The number of allylic oxidation sites excluding steroid dienone is 4. The summed E-state index contributed by atoms with van der Waals surface area (Å²) in [5.74, 6) is 0.729. The summed E-state index contributed by atoms with van der Waals surface area (Å²) in [5, 5.41) is 1.64. The second-order valence-electron chi connectivity index (χ2n) is 3.34. The monoisotopic (exact) mass is 144 g/mol. The van der Waals surface area contributed by atoms with E-state index in [1.165, 1.54) is 10.2 Å². The third kappa shape index (κ3) is 1.07. The van der Waals surface area contributed by atoms with E-state index in [-0.39, 0.29) is 0 Å². The van der Waals surface area contributed by atoms with Crippen LogP contribution in [-0.2, 0) is 0 Å². The topological polar surface area (TPSA) is 0 Å². The van der Waals surface area contributed by atoms with Crippen molar-refractivity contribution in [3.05, 3.63) is 20.6 Å². The molecule has 0 aromatic heterocycles. The molecule has 0 amide bonds. The third-order valence-corrected chi connectivity index (χ3v) is 4.58. The van der Waals surface area contributed by atoms with Crippen LogP contribution in [0.5, 0.6) is 0 Å². The molecule has 0 nitrogen and oxygen atoms in total. The Hall–Kier alpha value is 0.294. The second kappa shape index (κ2) is 2.73. The van der Waals surface area contributed by atoms with E-state index in [1.807, 2.05) is 0 Å². The maximum absolute atomic E-state index is 2.30. The number of hydrogen-bond donors (Lipinski definition) is 0. The van der Waals surface area contributed by atoms with E-state index in [0.717, 1.165) is 5.92 Å². The van der Waals surface area contributed by atoms with Crippen molar-refractivity contribution in [3.63, 3.8) is 0 Å². The fourth-order valence-electron chi connectivity index (χ4n) is 1.57. The number of hydrogen-bond acceptors (Lipinski definition) is 0. The molecule has 0 aromatic carbocycles. The van der Waals surface area contributed by atoms with Gasteiger partial charge in [-0.2, -0.15) is 0 Å². The predicted octanol–water partition coefficient (Wildman–Crippen LogP) is 0.718. The van der Waals surface area contributed by atoms with Crippen LogP contribution < -0.4 is 0 Å². The average molecular weight is 144 g/mol. The molecule has 0 radical (unpaired) electrons. The minimum absolute atomic E-state index is 0.729. The van der Waals surface area contributed by atoms with Gasteiger partial charge in [0, 0.05) is 0 Å². The second-order valence-corrected chi connectivity index (χ2v) is 4.34. The average Bonchev–Trinajstić information content (AvgIpc) is 2.07. The van der Waals surface area contributed by atoms with Gasteiger partial charge in [0.1, 0.15) is 0 Å². The molecule has 0 spiro atoms. The predicted molar refractivity (Wildman–Crippen MR) is 50.3 cm³/mol. The van der Waals surface area contributed by atoms with Crippen LogP contribution in [0.4, 0.5) is 0 Å². The van der Waals surface area contributed by atoms with Crippen LogP contribution in [0.2, 0.25) is 0 Å². The van der Waals surface area contributed by atoms with Crippen molar-refractivity contribution in [2.75, 3.05) is 0 Å². The Morgan fingerprint density at radius 1 is 1.40 bits per heavy atom. The van der Waals surface area contributed by atoms with Gasteiger partial charge in [-0.25, -0.2) is 0 Å². The van der Waals surface area contributed by atoms with Gasteiger partial charge in [0.25, 0.3) is 0 Å². The Morgan fingerprint density at radius 2 is 1.90 bits per heavy atom. The Labute approximate surface area is 75.4 Å². The van der Waals surface area contributed by atoms with Crippen LogP contribution in [0.3, 0.4) is 0 Å². The summed E-state index contributed by atoms with van der Waals surface area (Å²) in [6.07, 6.45) is 0. The first-order valence-electron chi connectivity index (χ1n) is 3.90. The normalized spacial score (nSPS) is 27.1. The van der Waals surface area contributed by atoms with E-state index in [0.29, 0.717) is 0 Å². The summed E-state index contributed by atoms with van der Waals surface area (Å²) in [7, 11) is 1.22. The van der Waals surface area contributed by atoms with Gasteiger partial charge in [0.15, 0.2) is 0 Å². The summed E-state index contributed by atoms with van der Waals surface area (Å²) < 4.78 is 1.61. The Bertz CT molecular complexity index is 201. The Kier molecular flexibility index (Phi) is 2.29. The molecule has 0 fully saturated rings. The molecule has 0 bridgehead atoms. The summed E-state index contributed by atoms with van der Waals surface area (Å²) in [4.78, 5) is 0. The molecule has 1 atom stereocenters. The first-order valence-corrected chi connectivity index (χ1v) is 4.90. The van der Waals surface area contributed by atoms with E-state index >= 15 is 0 Å². The minimum atomic E-state index is 0.729. The molecule has 0 saturated carbocycles. The molecule has 1 unspecified atom stereocenters. The fourth-order valence-corrected chi connectivity index (χ4v) is 2.39. The molecule has 0 heterocycles. The molecular formula is C8H13LiSi. The summed E-state index contributed by atoms with van der Waals surface area (Å²) in [5.41, 5.74) is 3.15. The van der Waals surface area contributed by atoms with Gasteiger partial charge in [-0.3, -0.25) is 0 Å². The fraction of sp³-hybridized carbons (Fsp3) is 0.500. The van der Waals surface area contributed by atoms with Crippen LogP contribution in [0.1, 0.15) is 20.8 Å². The molecule has 2 heteroatoms. The molecule has 1 aliphatic carbocycles. The number of rotatable bonds is 0. The zero-order valence-corrected chi connectivity index (χ0v) is 9.58. The van der Waals surface area contributed by atoms with Crippen LogP contribution in [0, 0.1) is 5.92 Å². The van der Waals surface area contributed by atoms with Gasteiger partial charge in [-0.05, 0) is 0 Å². The van der Waals surface area contributed by atoms with Crippen molar-refractivity contribution in [3.8, 4) is 0 Å². The molecule has 50 valence electrons. The van der Waals surface area contributed by atoms with Crippen LogP contribution in [0.15, 0.2) is 20.6 Å². The first kappa shape index (κ1) is 8.39. The van der Waals surface area contributed by atoms with Gasteiger partial charge in [0.05, 0.1) is 0 Å². The van der Waals surface area contributed by atoms with Gasteiger partial charge in [0.2, 0.25) is 0 Å². The Balaban J connectivity index is 3.09.